The molecule has 0 heterocycles. The van der Waals surface area contributed by atoms with Gasteiger partial charge in [0.1, 0.15) is 5.75 Å². The van der Waals surface area contributed by atoms with E-state index in [1.54, 1.807) is 13.0 Å². The van der Waals surface area contributed by atoms with Crippen molar-refractivity contribution >= 4 is 11.5 Å². The molecule has 4 aliphatic carbocycles. The van der Waals surface area contributed by atoms with Crippen LogP contribution in [0.3, 0.4) is 0 Å². The predicted octanol–water partition coefficient (Wildman–Crippen LogP) is 5.85. The van der Waals surface area contributed by atoms with Crippen LogP contribution in [0.2, 0.25) is 0 Å². The van der Waals surface area contributed by atoms with Gasteiger partial charge in [-0.3, -0.25) is 0 Å². The Kier molecular flexibility index (Phi) is 4.95. The fourth-order valence-corrected chi connectivity index (χ4v) is 6.33. The first-order valence-electron chi connectivity index (χ1n) is 10.4. The molecule has 4 aliphatic rings. The summed E-state index contributed by atoms with van der Waals surface area (Å²) in [4.78, 5) is 10.7. The van der Waals surface area contributed by atoms with Gasteiger partial charge in [-0.15, -0.1) is 0 Å². The number of allylic oxidation sites excluding steroid dienone is 5. The summed E-state index contributed by atoms with van der Waals surface area (Å²) in [5, 5.41) is 19.5. The summed E-state index contributed by atoms with van der Waals surface area (Å²) >= 11 is 0. The van der Waals surface area contributed by atoms with Gasteiger partial charge in [-0.25, -0.2) is 4.79 Å². The normalized spacial score (nSPS) is 32.3. The first-order chi connectivity index (χ1) is 13.3. The van der Waals surface area contributed by atoms with Gasteiger partial charge in [0, 0.05) is 11.6 Å². The maximum Gasteiger partial charge on any atom is 0.328 e. The van der Waals surface area contributed by atoms with Crippen LogP contribution in [-0.4, -0.2) is 16.2 Å². The minimum Gasteiger partial charge on any atom is -0.508 e. The second-order valence-electron chi connectivity index (χ2n) is 9.37. The molecule has 3 nitrogen and oxygen atoms in total. The van der Waals surface area contributed by atoms with Gasteiger partial charge in [0.25, 0.3) is 0 Å². The van der Waals surface area contributed by atoms with Gasteiger partial charge in [0.2, 0.25) is 0 Å². The molecule has 0 aromatic heterocycles. The SMILES string of the molecule is CC(/C=C/C=C(\C)c1ccc(O)c(C23CC4CC(CC(C4)C2)C3)c1)=C\C(=O)O. The maximum absolute atomic E-state index is 10.7. The van der Waals surface area contributed by atoms with E-state index in [9.17, 15) is 9.90 Å². The number of benzene rings is 1. The molecule has 0 spiro atoms. The monoisotopic (exact) mass is 378 g/mol. The molecule has 3 heteroatoms. The number of aliphatic carboxylic acids is 1. The van der Waals surface area contributed by atoms with E-state index in [1.165, 1.54) is 44.6 Å². The van der Waals surface area contributed by atoms with Crippen molar-refractivity contribution in [3.8, 4) is 5.75 Å². The van der Waals surface area contributed by atoms with Crippen LogP contribution in [0.5, 0.6) is 5.75 Å². The standard InChI is InChI=1S/C25H30O3/c1-16(8-24(27)28)4-3-5-17(2)21-6-7-23(26)22(12-21)25-13-18-9-19(14-25)11-20(10-18)15-25/h3-8,12,18-20,26H,9-11,13-15H2,1-2H3,(H,27,28)/b4-3+,16-8+,17-5+. The lowest BCUT2D eigenvalue weighted by Gasteiger charge is -2.57. The van der Waals surface area contributed by atoms with E-state index >= 15 is 0 Å². The van der Waals surface area contributed by atoms with E-state index in [0.717, 1.165) is 34.5 Å². The van der Waals surface area contributed by atoms with Gasteiger partial charge < -0.3 is 10.2 Å². The zero-order valence-corrected chi connectivity index (χ0v) is 16.8. The molecule has 4 saturated carbocycles. The smallest absolute Gasteiger partial charge is 0.328 e. The van der Waals surface area contributed by atoms with Crippen molar-refractivity contribution in [3.63, 3.8) is 0 Å². The second kappa shape index (κ2) is 7.27. The molecule has 0 unspecified atom stereocenters. The van der Waals surface area contributed by atoms with Gasteiger partial charge in [0.15, 0.2) is 0 Å². The lowest BCUT2D eigenvalue weighted by atomic mass is 9.48. The molecule has 0 aliphatic heterocycles. The molecule has 1 aromatic rings. The minimum atomic E-state index is -0.929. The molecule has 4 fully saturated rings. The fraction of sp³-hybridized carbons (Fsp3) is 0.480. The van der Waals surface area contributed by atoms with E-state index in [2.05, 4.69) is 13.0 Å². The van der Waals surface area contributed by atoms with Crippen molar-refractivity contribution in [1.29, 1.82) is 0 Å². The predicted molar refractivity (Wildman–Crippen MR) is 112 cm³/mol. The zero-order chi connectivity index (χ0) is 19.9. The Morgan fingerprint density at radius 2 is 1.68 bits per heavy atom. The van der Waals surface area contributed by atoms with E-state index in [0.29, 0.717) is 11.3 Å². The van der Waals surface area contributed by atoms with E-state index in [1.807, 2.05) is 24.3 Å². The number of phenols is 1. The maximum atomic E-state index is 10.7. The lowest BCUT2D eigenvalue weighted by Crippen LogP contribution is -2.48. The summed E-state index contributed by atoms with van der Waals surface area (Å²) in [5.74, 6) is 2.06. The van der Waals surface area contributed by atoms with E-state index < -0.39 is 5.97 Å². The van der Waals surface area contributed by atoms with Gasteiger partial charge in [0.05, 0.1) is 0 Å². The highest BCUT2D eigenvalue weighted by Crippen LogP contribution is 2.61. The van der Waals surface area contributed by atoms with Gasteiger partial charge in [-0.05, 0) is 104 Å². The largest absolute Gasteiger partial charge is 0.508 e. The number of hydrogen-bond donors (Lipinski definition) is 2. The minimum absolute atomic E-state index is 0.172. The van der Waals surface area contributed by atoms with E-state index in [4.69, 9.17) is 5.11 Å². The lowest BCUT2D eigenvalue weighted by molar-refractivity contribution is -0.131. The molecule has 148 valence electrons. The number of carbonyl (C=O) groups is 1. The Labute approximate surface area is 167 Å². The van der Waals surface area contributed by atoms with Crippen LogP contribution in [-0.2, 0) is 10.2 Å². The third kappa shape index (κ3) is 3.67. The molecule has 28 heavy (non-hydrogen) atoms. The Bertz CT molecular complexity index is 836. The third-order valence-electron chi connectivity index (χ3n) is 7.12. The van der Waals surface area contributed by atoms with Crippen molar-refractivity contribution in [2.24, 2.45) is 17.8 Å². The Morgan fingerprint density at radius 1 is 1.07 bits per heavy atom. The van der Waals surface area contributed by atoms with Crippen molar-refractivity contribution in [1.82, 2.24) is 0 Å². The van der Waals surface area contributed by atoms with E-state index in [-0.39, 0.29) is 5.41 Å². The molecule has 0 atom stereocenters. The highest BCUT2D eigenvalue weighted by molar-refractivity contribution is 5.81. The Hall–Kier alpha value is -2.29. The van der Waals surface area contributed by atoms with Crippen LogP contribution >= 0.6 is 0 Å². The van der Waals surface area contributed by atoms with Crippen molar-refractivity contribution < 1.29 is 15.0 Å². The summed E-state index contributed by atoms with van der Waals surface area (Å²) in [7, 11) is 0. The molecule has 1 aromatic carbocycles. The number of phenolic OH excluding ortho intramolecular Hbond substituents is 1. The van der Waals surface area contributed by atoms with Crippen molar-refractivity contribution in [3.05, 3.63) is 59.2 Å². The fourth-order valence-electron chi connectivity index (χ4n) is 6.33. The molecule has 4 bridgehead atoms. The average molecular weight is 379 g/mol. The molecular weight excluding hydrogens is 348 g/mol. The highest BCUT2D eigenvalue weighted by atomic mass is 16.4. The van der Waals surface area contributed by atoms with Crippen LogP contribution in [0.1, 0.15) is 63.5 Å². The summed E-state index contributed by atoms with van der Waals surface area (Å²) in [6, 6.07) is 6.06. The first kappa shape index (κ1) is 19.0. The third-order valence-corrected chi connectivity index (χ3v) is 7.12. The van der Waals surface area contributed by atoms with Gasteiger partial charge in [-0.1, -0.05) is 24.3 Å². The molecule has 0 saturated heterocycles. The van der Waals surface area contributed by atoms with Crippen LogP contribution < -0.4 is 0 Å². The topological polar surface area (TPSA) is 57.5 Å². The number of hydrogen-bond acceptors (Lipinski definition) is 2. The molecule has 0 amide bonds. The van der Waals surface area contributed by atoms with Crippen molar-refractivity contribution in [2.45, 2.75) is 57.8 Å². The molecule has 2 N–H and O–H groups in total. The average Bonchev–Trinajstić information content (AvgIpc) is 2.60. The molecule has 0 radical (unpaired) electrons. The number of carboxylic acid groups (broad SMARTS) is 1. The number of rotatable bonds is 5. The number of aromatic hydroxyl groups is 1. The summed E-state index contributed by atoms with van der Waals surface area (Å²) in [5.41, 5.74) is 4.28. The van der Waals surface area contributed by atoms with Gasteiger partial charge in [-0.2, -0.15) is 0 Å². The summed E-state index contributed by atoms with van der Waals surface area (Å²) < 4.78 is 0. The second-order valence-corrected chi connectivity index (χ2v) is 9.37. The molecular formula is C25H30O3. The summed E-state index contributed by atoms with van der Waals surface area (Å²) in [6.07, 6.45) is 14.8. The van der Waals surface area contributed by atoms with Crippen LogP contribution in [0.15, 0.2) is 48.1 Å². The first-order valence-corrected chi connectivity index (χ1v) is 10.4. The Morgan fingerprint density at radius 3 is 2.25 bits per heavy atom. The van der Waals surface area contributed by atoms with Gasteiger partial charge >= 0.3 is 5.97 Å². The van der Waals surface area contributed by atoms with Crippen molar-refractivity contribution in [2.75, 3.05) is 0 Å². The summed E-state index contributed by atoms with van der Waals surface area (Å²) in [6.45, 7) is 3.84. The zero-order valence-electron chi connectivity index (χ0n) is 16.8. The van der Waals surface area contributed by atoms with Crippen LogP contribution in [0.4, 0.5) is 0 Å². The molecule has 5 rings (SSSR count). The number of carboxylic acids is 1. The Balaban J connectivity index is 1.60. The van der Waals surface area contributed by atoms with Crippen LogP contribution in [0, 0.1) is 17.8 Å². The highest BCUT2D eigenvalue weighted by Gasteiger charge is 2.52. The quantitative estimate of drug-likeness (QED) is 0.499. The van der Waals surface area contributed by atoms with Crippen LogP contribution in [0.25, 0.3) is 5.57 Å².